The number of benzene rings is 2. The van der Waals surface area contributed by atoms with Crippen molar-refractivity contribution >= 4 is 33.2 Å². The molecule has 3 heteroatoms. The molecule has 0 bridgehead atoms. The molecule has 1 N–H and O–H groups in total. The molecule has 1 atom stereocenters. The van der Waals surface area contributed by atoms with Crippen molar-refractivity contribution in [2.75, 3.05) is 5.32 Å². The van der Waals surface area contributed by atoms with E-state index in [1.54, 1.807) is 0 Å². The summed E-state index contributed by atoms with van der Waals surface area (Å²) in [5, 5.41) is 4.33. The Kier molecular flexibility index (Phi) is 4.89. The Hall–Kier alpha value is -0.990. The average molecular weight is 339 g/mol. The lowest BCUT2D eigenvalue weighted by molar-refractivity contribution is 0.748. The minimum atomic E-state index is 0.270. The van der Waals surface area contributed by atoms with E-state index in [2.05, 4.69) is 65.4 Å². The van der Waals surface area contributed by atoms with Crippen molar-refractivity contribution in [2.45, 2.75) is 26.3 Å². The zero-order valence-corrected chi connectivity index (χ0v) is 13.4. The van der Waals surface area contributed by atoms with Crippen LogP contribution in [0.2, 0.25) is 5.02 Å². The van der Waals surface area contributed by atoms with Crippen molar-refractivity contribution in [3.05, 3.63) is 63.1 Å². The van der Waals surface area contributed by atoms with Crippen LogP contribution in [0, 0.1) is 6.92 Å². The predicted octanol–water partition coefficient (Wildman–Crippen LogP) is 5.97. The van der Waals surface area contributed by atoms with Gasteiger partial charge in [0.15, 0.2) is 0 Å². The number of anilines is 1. The molecule has 1 nitrogen and oxygen atoms in total. The van der Waals surface area contributed by atoms with Gasteiger partial charge in [-0.3, -0.25) is 0 Å². The van der Waals surface area contributed by atoms with Crippen molar-refractivity contribution in [2.24, 2.45) is 0 Å². The van der Waals surface area contributed by atoms with Crippen LogP contribution in [0.15, 0.2) is 46.9 Å². The van der Waals surface area contributed by atoms with E-state index >= 15 is 0 Å². The van der Waals surface area contributed by atoms with Crippen LogP contribution in [0.4, 0.5) is 5.69 Å². The summed E-state index contributed by atoms with van der Waals surface area (Å²) in [5.74, 6) is 0. The van der Waals surface area contributed by atoms with E-state index in [1.165, 1.54) is 11.1 Å². The van der Waals surface area contributed by atoms with Crippen molar-refractivity contribution < 1.29 is 0 Å². The van der Waals surface area contributed by atoms with Gasteiger partial charge >= 0.3 is 0 Å². The molecule has 0 amide bonds. The molecule has 0 radical (unpaired) electrons. The number of para-hydroxylation sites is 1. The summed E-state index contributed by atoms with van der Waals surface area (Å²) < 4.78 is 1.10. The highest BCUT2D eigenvalue weighted by atomic mass is 79.9. The first-order valence-electron chi connectivity index (χ1n) is 6.39. The Morgan fingerprint density at radius 2 is 1.84 bits per heavy atom. The maximum atomic E-state index is 6.27. The van der Waals surface area contributed by atoms with Crippen LogP contribution >= 0.6 is 27.5 Å². The van der Waals surface area contributed by atoms with Crippen LogP contribution < -0.4 is 5.32 Å². The Morgan fingerprint density at radius 1 is 1.16 bits per heavy atom. The molecule has 0 aliphatic rings. The number of hydrogen-bond acceptors (Lipinski definition) is 1. The normalized spacial score (nSPS) is 12.2. The highest BCUT2D eigenvalue weighted by molar-refractivity contribution is 9.10. The van der Waals surface area contributed by atoms with Crippen LogP contribution in [0.5, 0.6) is 0 Å². The van der Waals surface area contributed by atoms with Crippen LogP contribution in [0.25, 0.3) is 0 Å². The van der Waals surface area contributed by atoms with Crippen molar-refractivity contribution in [1.82, 2.24) is 0 Å². The van der Waals surface area contributed by atoms with E-state index in [-0.39, 0.29) is 6.04 Å². The number of hydrogen-bond donors (Lipinski definition) is 1. The smallest absolute Gasteiger partial charge is 0.0640 e. The molecule has 2 aromatic carbocycles. The minimum Gasteiger partial charge on any atom is -0.377 e. The van der Waals surface area contributed by atoms with Crippen LogP contribution in [0.1, 0.15) is 30.5 Å². The van der Waals surface area contributed by atoms with Gasteiger partial charge in [-0.05, 0) is 42.7 Å². The molecule has 0 heterocycles. The summed E-state index contributed by atoms with van der Waals surface area (Å²) in [7, 11) is 0. The lowest BCUT2D eigenvalue weighted by atomic mass is 10.0. The second-order valence-corrected chi connectivity index (χ2v) is 5.91. The maximum Gasteiger partial charge on any atom is 0.0640 e. The van der Waals surface area contributed by atoms with E-state index in [0.29, 0.717) is 0 Å². The number of nitrogens with one attached hydrogen (secondary N) is 1. The topological polar surface area (TPSA) is 12.0 Å². The first-order chi connectivity index (χ1) is 9.11. The van der Waals surface area contributed by atoms with Gasteiger partial charge in [-0.2, -0.15) is 0 Å². The molecular weight excluding hydrogens is 322 g/mol. The van der Waals surface area contributed by atoms with Gasteiger partial charge in [0.1, 0.15) is 0 Å². The van der Waals surface area contributed by atoms with E-state index < -0.39 is 0 Å². The van der Waals surface area contributed by atoms with Crippen LogP contribution in [-0.4, -0.2) is 0 Å². The summed E-state index contributed by atoms with van der Waals surface area (Å²) in [4.78, 5) is 0. The molecule has 0 aliphatic heterocycles. The number of aryl methyl sites for hydroxylation is 1. The summed E-state index contributed by atoms with van der Waals surface area (Å²) >= 11 is 9.74. The first-order valence-corrected chi connectivity index (χ1v) is 7.56. The van der Waals surface area contributed by atoms with Gasteiger partial charge < -0.3 is 5.32 Å². The monoisotopic (exact) mass is 337 g/mol. The third-order valence-corrected chi connectivity index (χ3v) is 4.06. The molecule has 0 aromatic heterocycles. The molecule has 0 saturated carbocycles. The van der Waals surface area contributed by atoms with Crippen LogP contribution in [-0.2, 0) is 0 Å². The molecular formula is C16H17BrClN. The lowest BCUT2D eigenvalue weighted by Crippen LogP contribution is -2.10. The lowest BCUT2D eigenvalue weighted by Gasteiger charge is -2.21. The Labute approximate surface area is 128 Å². The zero-order valence-electron chi connectivity index (χ0n) is 11.1. The highest BCUT2D eigenvalue weighted by Crippen LogP contribution is 2.31. The number of halogens is 2. The predicted molar refractivity (Wildman–Crippen MR) is 87.0 cm³/mol. The third-order valence-electron chi connectivity index (χ3n) is 3.22. The van der Waals surface area contributed by atoms with Crippen molar-refractivity contribution in [3.63, 3.8) is 0 Å². The summed E-state index contributed by atoms with van der Waals surface area (Å²) in [6.45, 7) is 4.24. The van der Waals surface area contributed by atoms with Gasteiger partial charge in [0.25, 0.3) is 0 Å². The Bertz CT molecular complexity index is 531. The maximum absolute atomic E-state index is 6.27. The standard InChI is InChI=1S/C16H17BrClN/c1-3-15(12-7-9-13(17)10-8-12)19-16-11(2)5-4-6-14(16)18/h4-10,15,19H,3H2,1-2H3. The quantitative estimate of drug-likeness (QED) is 0.723. The largest absolute Gasteiger partial charge is 0.377 e. The Morgan fingerprint density at radius 3 is 2.42 bits per heavy atom. The summed E-state index contributed by atoms with van der Waals surface area (Å²) in [6, 6.07) is 14.6. The molecule has 19 heavy (non-hydrogen) atoms. The van der Waals surface area contributed by atoms with Gasteiger partial charge in [0, 0.05) is 4.47 Å². The molecule has 0 saturated heterocycles. The van der Waals surface area contributed by atoms with Crippen molar-refractivity contribution in [1.29, 1.82) is 0 Å². The van der Waals surface area contributed by atoms with E-state index in [0.717, 1.165) is 21.6 Å². The van der Waals surface area contributed by atoms with Gasteiger partial charge in [0.2, 0.25) is 0 Å². The van der Waals surface area contributed by atoms with E-state index in [1.807, 2.05) is 12.1 Å². The van der Waals surface area contributed by atoms with E-state index in [9.17, 15) is 0 Å². The number of rotatable bonds is 4. The van der Waals surface area contributed by atoms with E-state index in [4.69, 9.17) is 11.6 Å². The molecule has 100 valence electrons. The molecule has 2 rings (SSSR count). The van der Waals surface area contributed by atoms with Crippen molar-refractivity contribution in [3.8, 4) is 0 Å². The SMILES string of the molecule is CCC(Nc1c(C)cccc1Cl)c1ccc(Br)cc1. The van der Waals surface area contributed by atoms with Crippen LogP contribution in [0.3, 0.4) is 0 Å². The zero-order chi connectivity index (χ0) is 13.8. The third kappa shape index (κ3) is 3.52. The van der Waals surface area contributed by atoms with Gasteiger partial charge in [0.05, 0.1) is 16.8 Å². The van der Waals surface area contributed by atoms with Gasteiger partial charge in [-0.1, -0.05) is 58.7 Å². The fourth-order valence-corrected chi connectivity index (χ4v) is 2.65. The van der Waals surface area contributed by atoms with Gasteiger partial charge in [-0.15, -0.1) is 0 Å². The fraction of sp³-hybridized carbons (Fsp3) is 0.250. The summed E-state index contributed by atoms with van der Waals surface area (Å²) in [5.41, 5.74) is 3.46. The Balaban J connectivity index is 2.26. The van der Waals surface area contributed by atoms with Gasteiger partial charge in [-0.25, -0.2) is 0 Å². The fourth-order valence-electron chi connectivity index (χ4n) is 2.11. The molecule has 0 aliphatic carbocycles. The molecule has 0 spiro atoms. The second kappa shape index (κ2) is 6.44. The molecule has 0 fully saturated rings. The molecule has 2 aromatic rings. The second-order valence-electron chi connectivity index (χ2n) is 4.59. The highest BCUT2D eigenvalue weighted by Gasteiger charge is 2.12. The molecule has 1 unspecified atom stereocenters. The average Bonchev–Trinajstić information content (AvgIpc) is 2.40. The first kappa shape index (κ1) is 14.4. The summed E-state index contributed by atoms with van der Waals surface area (Å²) in [6.07, 6.45) is 1.01. The minimum absolute atomic E-state index is 0.270.